The van der Waals surface area contributed by atoms with Gasteiger partial charge in [0.15, 0.2) is 0 Å². The summed E-state index contributed by atoms with van der Waals surface area (Å²) in [6, 6.07) is 11.0. The normalized spacial score (nSPS) is 36.5. The van der Waals surface area contributed by atoms with Crippen LogP contribution in [-0.4, -0.2) is 74.1 Å². The molecule has 8 atom stereocenters. The van der Waals surface area contributed by atoms with Crippen molar-refractivity contribution in [1.29, 1.82) is 0 Å². The van der Waals surface area contributed by atoms with E-state index in [4.69, 9.17) is 25.8 Å². The van der Waals surface area contributed by atoms with Crippen molar-refractivity contribution in [3.63, 3.8) is 0 Å². The molecule has 10 nitrogen and oxygen atoms in total. The molecule has 6 aliphatic rings. The zero-order valence-electron chi connectivity index (χ0n) is 29.5. The minimum Gasteiger partial charge on any atom is -0.490 e. The average molecular weight is 737 g/mol. The van der Waals surface area contributed by atoms with Crippen LogP contribution in [-0.2, 0) is 31.2 Å². The first kappa shape index (κ1) is 34.9. The maximum absolute atomic E-state index is 14.5. The van der Waals surface area contributed by atoms with E-state index in [0.29, 0.717) is 49.4 Å². The van der Waals surface area contributed by atoms with E-state index < -0.39 is 21.9 Å². The summed E-state index contributed by atoms with van der Waals surface area (Å²) in [7, 11) is -1.71. The number of carbonyl (C=O) groups is 2. The molecule has 0 radical (unpaired) electrons. The molecule has 3 aliphatic heterocycles. The van der Waals surface area contributed by atoms with Gasteiger partial charge >= 0.3 is 6.03 Å². The smallest absolute Gasteiger partial charge is 0.327 e. The van der Waals surface area contributed by atoms with Crippen LogP contribution in [0.2, 0.25) is 5.02 Å². The predicted octanol–water partition coefficient (Wildman–Crippen LogP) is 6.45. The molecule has 2 spiro atoms. The number of amides is 3. The van der Waals surface area contributed by atoms with Crippen molar-refractivity contribution < 1.29 is 28.0 Å². The second-order valence-electron chi connectivity index (χ2n) is 16.0. The van der Waals surface area contributed by atoms with Gasteiger partial charge in [-0.25, -0.2) is 9.00 Å². The Hall–Kier alpha value is -3.12. The van der Waals surface area contributed by atoms with Gasteiger partial charge in [0, 0.05) is 54.3 Å². The number of rotatable bonds is 3. The van der Waals surface area contributed by atoms with Crippen molar-refractivity contribution in [2.24, 2.45) is 27.5 Å². The number of aryl methyl sites for hydroxylation is 1. The molecule has 2 aromatic carbocycles. The van der Waals surface area contributed by atoms with Crippen molar-refractivity contribution in [3.05, 3.63) is 70.3 Å². The zero-order chi connectivity index (χ0) is 35.4. The monoisotopic (exact) mass is 736 g/mol. The number of urea groups is 1. The van der Waals surface area contributed by atoms with Gasteiger partial charge in [-0.1, -0.05) is 36.7 Å². The molecule has 12 heteroatoms. The number of nitrogens with zero attached hydrogens (tertiary/aromatic N) is 2. The standard InChI is InChI=1S/C39H49ClN4O6S/c1-25-5-3-7-33(48-2)30-11-8-28(30)20-44-22-39(14-4-6-26-17-29(40)10-12-31(26)39)24-50-34-13-9-27(18-32(34)44)36(45)42-51(47,21-25)43-37(46)41-35-19-38(35)15-16-49-23-38/h3,7,9-10,12-13,17-18,25,28,30,33,35H,4-6,8,11,14-16,19-24H2,1-2H3,(H2,41,42,43,45,46,47)/b7-3+/t25-,28-,30+,33-,35-,38?,39-,51-/m0/s1. The first-order valence-electron chi connectivity index (χ1n) is 18.5. The third-order valence-electron chi connectivity index (χ3n) is 12.4. The largest absolute Gasteiger partial charge is 0.490 e. The van der Waals surface area contributed by atoms with Gasteiger partial charge in [-0.3, -0.25) is 9.52 Å². The highest BCUT2D eigenvalue weighted by Crippen LogP contribution is 2.52. The fraction of sp³-hybridized carbons (Fsp3) is 0.590. The summed E-state index contributed by atoms with van der Waals surface area (Å²) in [5, 5.41) is 3.72. The van der Waals surface area contributed by atoms with Gasteiger partial charge in [0.25, 0.3) is 5.91 Å². The van der Waals surface area contributed by atoms with Gasteiger partial charge < -0.3 is 24.4 Å². The summed E-state index contributed by atoms with van der Waals surface area (Å²) in [4.78, 5) is 29.7. The number of ether oxygens (including phenoxy) is 3. The number of anilines is 1. The van der Waals surface area contributed by atoms with Crippen LogP contribution in [0.1, 0.15) is 73.4 Å². The Morgan fingerprint density at radius 1 is 1.16 bits per heavy atom. The lowest BCUT2D eigenvalue weighted by Gasteiger charge is -2.46. The quantitative estimate of drug-likeness (QED) is 0.348. The molecule has 51 heavy (non-hydrogen) atoms. The summed E-state index contributed by atoms with van der Waals surface area (Å²) in [6.45, 7) is 5.30. The molecule has 2 bridgehead atoms. The van der Waals surface area contributed by atoms with Crippen molar-refractivity contribution in [2.45, 2.75) is 75.9 Å². The topological polar surface area (TPSA) is 119 Å². The van der Waals surface area contributed by atoms with Crippen LogP contribution in [0.3, 0.4) is 0 Å². The number of fused-ring (bicyclic) bond motifs is 4. The number of allylic oxidation sites excluding steroid dienone is 1. The van der Waals surface area contributed by atoms with Crippen molar-refractivity contribution >= 4 is 39.1 Å². The lowest BCUT2D eigenvalue weighted by molar-refractivity contribution is 0.0131. The summed E-state index contributed by atoms with van der Waals surface area (Å²) < 4.78 is 39.7. The van der Waals surface area contributed by atoms with E-state index >= 15 is 0 Å². The lowest BCUT2D eigenvalue weighted by Crippen LogP contribution is -2.49. The number of benzene rings is 2. The van der Waals surface area contributed by atoms with Crippen LogP contribution < -0.4 is 19.7 Å². The van der Waals surface area contributed by atoms with Crippen LogP contribution in [0, 0.1) is 23.2 Å². The number of hydrogen-bond acceptors (Lipinski definition) is 7. The molecule has 8 rings (SSSR count). The van der Waals surface area contributed by atoms with Gasteiger partial charge in [-0.15, -0.1) is 4.36 Å². The average Bonchev–Trinajstić information content (AvgIpc) is 3.56. The Balaban J connectivity index is 1.15. The number of halogens is 1. The molecule has 0 aromatic heterocycles. The van der Waals surface area contributed by atoms with Crippen LogP contribution >= 0.6 is 11.6 Å². The summed E-state index contributed by atoms with van der Waals surface area (Å²) >= 11 is 6.46. The van der Waals surface area contributed by atoms with E-state index in [1.165, 1.54) is 11.1 Å². The Bertz CT molecular complexity index is 1850. The summed E-state index contributed by atoms with van der Waals surface area (Å²) in [5.41, 5.74) is 3.41. The predicted molar refractivity (Wildman–Crippen MR) is 198 cm³/mol. The molecule has 2 aromatic rings. The van der Waals surface area contributed by atoms with Crippen LogP contribution in [0.5, 0.6) is 5.75 Å². The van der Waals surface area contributed by atoms with Crippen molar-refractivity contribution in [1.82, 2.24) is 10.0 Å². The van der Waals surface area contributed by atoms with E-state index in [2.05, 4.69) is 43.6 Å². The summed E-state index contributed by atoms with van der Waals surface area (Å²) in [6.07, 6.45) is 11.7. The molecular formula is C39H49ClN4O6S. The number of methoxy groups -OCH3 is 1. The maximum Gasteiger partial charge on any atom is 0.327 e. The molecule has 3 heterocycles. The molecule has 2 saturated carbocycles. The van der Waals surface area contributed by atoms with E-state index in [1.54, 1.807) is 13.2 Å². The Morgan fingerprint density at radius 3 is 2.82 bits per heavy atom. The fourth-order valence-corrected chi connectivity index (χ4v) is 11.3. The second-order valence-corrected chi connectivity index (χ2v) is 18.4. The van der Waals surface area contributed by atoms with Crippen LogP contribution in [0.4, 0.5) is 10.5 Å². The molecule has 1 saturated heterocycles. The number of carbonyl (C=O) groups excluding carboxylic acids is 2. The number of hydrogen-bond donors (Lipinski definition) is 2. The summed E-state index contributed by atoms with van der Waals surface area (Å²) in [5.74, 6) is 0.747. The second kappa shape index (κ2) is 13.7. The molecule has 274 valence electrons. The van der Waals surface area contributed by atoms with Crippen LogP contribution in [0.15, 0.2) is 52.9 Å². The van der Waals surface area contributed by atoms with Gasteiger partial charge in [0.05, 0.1) is 30.8 Å². The fourth-order valence-electron chi connectivity index (χ4n) is 9.31. The molecule has 3 amide bonds. The SMILES string of the molecule is CO[C@H]1/C=C/C[C@H](C)C[S@@](=O)(NC(=O)N[C@H]2CC23CCOC3)=NC(=O)c2ccc3c(c2)N(C[C@@H]2CC[C@H]21)C[C@@]1(CCCc2cc(Cl)ccc21)CO3. The molecular weight excluding hydrogens is 688 g/mol. The molecule has 3 fully saturated rings. The molecule has 3 aliphatic carbocycles. The van der Waals surface area contributed by atoms with Crippen molar-refractivity contribution in [3.8, 4) is 5.75 Å². The highest BCUT2D eigenvalue weighted by Gasteiger charge is 2.57. The van der Waals surface area contributed by atoms with Gasteiger partial charge in [-0.05, 0) is 111 Å². The van der Waals surface area contributed by atoms with E-state index in [-0.39, 0.29) is 34.6 Å². The molecule has 1 unspecified atom stereocenters. The maximum atomic E-state index is 14.5. The Kier molecular flexibility index (Phi) is 9.38. The highest BCUT2D eigenvalue weighted by atomic mass is 35.5. The number of nitrogens with one attached hydrogen (secondary N) is 2. The highest BCUT2D eigenvalue weighted by molar-refractivity contribution is 7.92. The minimum absolute atomic E-state index is 0.0330. The molecule has 2 N–H and O–H groups in total. The van der Waals surface area contributed by atoms with Gasteiger partial charge in [0.2, 0.25) is 0 Å². The van der Waals surface area contributed by atoms with E-state index in [0.717, 1.165) is 68.7 Å². The minimum atomic E-state index is -3.48. The first-order valence-corrected chi connectivity index (χ1v) is 20.6. The van der Waals surface area contributed by atoms with Gasteiger partial charge in [-0.2, -0.15) is 0 Å². The van der Waals surface area contributed by atoms with E-state index in [1.807, 2.05) is 25.1 Å². The Labute approximate surface area is 306 Å². The van der Waals surface area contributed by atoms with Gasteiger partial charge in [0.1, 0.15) is 15.7 Å². The third-order valence-corrected chi connectivity index (χ3v) is 14.6. The Morgan fingerprint density at radius 2 is 2.04 bits per heavy atom. The third kappa shape index (κ3) is 6.91. The first-order chi connectivity index (χ1) is 24.6. The van der Waals surface area contributed by atoms with Crippen LogP contribution in [0.25, 0.3) is 0 Å². The zero-order valence-corrected chi connectivity index (χ0v) is 31.1. The van der Waals surface area contributed by atoms with Crippen molar-refractivity contribution in [2.75, 3.05) is 50.7 Å². The lowest BCUT2D eigenvalue weighted by atomic mass is 9.68. The van der Waals surface area contributed by atoms with E-state index in [9.17, 15) is 13.8 Å².